The van der Waals surface area contributed by atoms with E-state index in [0.717, 1.165) is 49.8 Å². The van der Waals surface area contributed by atoms with E-state index in [0.29, 0.717) is 22.6 Å². The van der Waals surface area contributed by atoms with Gasteiger partial charge in [-0.25, -0.2) is 9.97 Å². The van der Waals surface area contributed by atoms with Crippen molar-refractivity contribution in [3.63, 3.8) is 0 Å². The van der Waals surface area contributed by atoms with Crippen molar-refractivity contribution < 1.29 is 9.59 Å². The van der Waals surface area contributed by atoms with E-state index in [2.05, 4.69) is 31.7 Å². The number of hydrogen-bond acceptors (Lipinski definition) is 7. The van der Waals surface area contributed by atoms with E-state index in [1.54, 1.807) is 24.5 Å². The molecule has 0 aromatic carbocycles. The van der Waals surface area contributed by atoms with Gasteiger partial charge in [-0.3, -0.25) is 19.9 Å². The average Bonchev–Trinajstić information content (AvgIpc) is 3.07. The van der Waals surface area contributed by atoms with Gasteiger partial charge in [0.25, 0.3) is 11.1 Å². The monoisotopic (exact) mass is 423 g/mol. The van der Waals surface area contributed by atoms with Gasteiger partial charge in [0.1, 0.15) is 5.82 Å². The minimum atomic E-state index is -0.362. The van der Waals surface area contributed by atoms with E-state index in [-0.39, 0.29) is 11.1 Å². The van der Waals surface area contributed by atoms with Gasteiger partial charge in [0.05, 0.1) is 10.6 Å². The number of amides is 2. The molecule has 7 nitrogen and oxygen atoms in total. The normalized spacial score (nSPS) is 23.0. The maximum atomic E-state index is 11.7. The molecular formula is C22H25N5O2S. The molecule has 1 saturated carbocycles. The first-order chi connectivity index (χ1) is 14.7. The summed E-state index contributed by atoms with van der Waals surface area (Å²) in [6.45, 7) is 0.981. The van der Waals surface area contributed by atoms with Gasteiger partial charge in [0.2, 0.25) is 0 Å². The van der Waals surface area contributed by atoms with Crippen molar-refractivity contribution in [3.05, 3.63) is 58.8 Å². The molecule has 1 saturated heterocycles. The van der Waals surface area contributed by atoms with Gasteiger partial charge >= 0.3 is 0 Å². The van der Waals surface area contributed by atoms with Gasteiger partial charge in [0.15, 0.2) is 0 Å². The van der Waals surface area contributed by atoms with Crippen molar-refractivity contribution >= 4 is 29.0 Å². The lowest BCUT2D eigenvalue weighted by Gasteiger charge is -2.29. The Kier molecular flexibility index (Phi) is 6.86. The van der Waals surface area contributed by atoms with E-state index < -0.39 is 0 Å². The van der Waals surface area contributed by atoms with Crippen LogP contribution in [0.2, 0.25) is 0 Å². The Morgan fingerprint density at radius 3 is 2.77 bits per heavy atom. The van der Waals surface area contributed by atoms with Gasteiger partial charge in [-0.2, -0.15) is 0 Å². The molecule has 2 aromatic heterocycles. The Labute approximate surface area is 180 Å². The first-order valence-electron chi connectivity index (χ1n) is 10.3. The summed E-state index contributed by atoms with van der Waals surface area (Å²) >= 11 is 0.906. The van der Waals surface area contributed by atoms with Crippen molar-refractivity contribution in [2.24, 2.45) is 5.92 Å². The Hall–Kier alpha value is -2.58. The second-order valence-electron chi connectivity index (χ2n) is 7.74. The molecule has 3 heterocycles. The van der Waals surface area contributed by atoms with Crippen molar-refractivity contribution in [1.29, 1.82) is 0 Å². The van der Waals surface area contributed by atoms with Crippen molar-refractivity contribution in [3.8, 4) is 0 Å². The minimum Gasteiger partial charge on any atom is -0.314 e. The zero-order valence-corrected chi connectivity index (χ0v) is 17.5. The predicted molar refractivity (Wildman–Crippen MR) is 117 cm³/mol. The van der Waals surface area contributed by atoms with Crippen molar-refractivity contribution in [2.45, 2.75) is 44.6 Å². The van der Waals surface area contributed by atoms with Crippen molar-refractivity contribution in [1.82, 2.24) is 25.6 Å². The molecule has 0 spiro atoms. The van der Waals surface area contributed by atoms with Crippen LogP contribution < -0.4 is 10.6 Å². The van der Waals surface area contributed by atoms with E-state index in [1.807, 2.05) is 12.3 Å². The summed E-state index contributed by atoms with van der Waals surface area (Å²) in [6.07, 6.45) is 13.6. The number of nitrogens with zero attached hydrogens (tertiary/aromatic N) is 3. The lowest BCUT2D eigenvalue weighted by atomic mass is 9.84. The summed E-state index contributed by atoms with van der Waals surface area (Å²) < 4.78 is 0. The van der Waals surface area contributed by atoms with Gasteiger partial charge in [-0.15, -0.1) is 0 Å². The first-order valence-corrected chi connectivity index (χ1v) is 11.2. The van der Waals surface area contributed by atoms with Gasteiger partial charge in [0, 0.05) is 31.1 Å². The fraction of sp³-hybridized carbons (Fsp3) is 0.409. The maximum absolute atomic E-state index is 11.7. The zero-order valence-electron chi connectivity index (χ0n) is 16.7. The standard InChI is InChI=1S/C22H25N5O2S/c28-21-19(30-22(29)27-21)13-18-8-11-25-20(26-18)12-15-3-5-17(6-4-15)24-10-7-16-2-1-9-23-14-16/h1-2,8-9,11,13-15,17,24H,3-7,10,12H2,(H,27,28,29)/b19-13-. The molecule has 8 heteroatoms. The third kappa shape index (κ3) is 5.73. The molecule has 2 N–H and O–H groups in total. The summed E-state index contributed by atoms with van der Waals surface area (Å²) in [5, 5.41) is 5.60. The van der Waals surface area contributed by atoms with Crippen LogP contribution in [0.4, 0.5) is 4.79 Å². The number of imide groups is 1. The van der Waals surface area contributed by atoms with E-state index >= 15 is 0 Å². The van der Waals surface area contributed by atoms with Crippen LogP contribution in [-0.2, 0) is 17.6 Å². The molecule has 1 aliphatic heterocycles. The SMILES string of the molecule is O=C1NC(=O)/C(=C/c2ccnc(CC3CCC(NCCc4cccnc4)CC3)n2)S1. The Morgan fingerprint density at radius 2 is 2.03 bits per heavy atom. The molecule has 4 rings (SSSR count). The first kappa shape index (κ1) is 20.7. The largest absolute Gasteiger partial charge is 0.314 e. The van der Waals surface area contributed by atoms with Crippen LogP contribution in [0.3, 0.4) is 0 Å². The highest BCUT2D eigenvalue weighted by Crippen LogP contribution is 2.27. The van der Waals surface area contributed by atoms with Crippen LogP contribution in [0.1, 0.15) is 42.8 Å². The average molecular weight is 424 g/mol. The molecule has 2 aliphatic rings. The zero-order chi connectivity index (χ0) is 20.8. The highest BCUT2D eigenvalue weighted by atomic mass is 32.2. The molecule has 156 valence electrons. The van der Waals surface area contributed by atoms with Gasteiger partial charge < -0.3 is 5.32 Å². The molecule has 0 atom stereocenters. The topological polar surface area (TPSA) is 96.9 Å². The van der Waals surface area contributed by atoms with Crippen LogP contribution in [-0.4, -0.2) is 38.7 Å². The molecule has 0 radical (unpaired) electrons. The highest BCUT2D eigenvalue weighted by molar-refractivity contribution is 8.18. The number of carbonyl (C=O) groups excluding carboxylic acids is 2. The highest BCUT2D eigenvalue weighted by Gasteiger charge is 2.25. The van der Waals surface area contributed by atoms with Crippen LogP contribution >= 0.6 is 11.8 Å². The van der Waals surface area contributed by atoms with Crippen molar-refractivity contribution in [2.75, 3.05) is 6.54 Å². The van der Waals surface area contributed by atoms with Crippen LogP contribution in [0.5, 0.6) is 0 Å². The molecule has 1 aliphatic carbocycles. The quantitative estimate of drug-likeness (QED) is 0.661. The lowest BCUT2D eigenvalue weighted by Crippen LogP contribution is -2.35. The van der Waals surface area contributed by atoms with Crippen LogP contribution in [0, 0.1) is 5.92 Å². The van der Waals surface area contributed by atoms with E-state index in [4.69, 9.17) is 0 Å². The smallest absolute Gasteiger partial charge is 0.290 e. The second kappa shape index (κ2) is 9.95. The summed E-state index contributed by atoms with van der Waals surface area (Å²) in [6, 6.07) is 6.43. The Balaban J connectivity index is 1.24. The van der Waals surface area contributed by atoms with Gasteiger partial charge in [-0.1, -0.05) is 6.07 Å². The molecule has 2 amide bonds. The summed E-state index contributed by atoms with van der Waals surface area (Å²) in [4.78, 5) is 36.5. The summed E-state index contributed by atoms with van der Waals surface area (Å²) in [7, 11) is 0. The summed E-state index contributed by atoms with van der Waals surface area (Å²) in [5.41, 5.74) is 1.93. The van der Waals surface area contributed by atoms with Crippen LogP contribution in [0.25, 0.3) is 6.08 Å². The Bertz CT molecular complexity index is 926. The number of nitrogens with one attached hydrogen (secondary N) is 2. The molecular weight excluding hydrogens is 398 g/mol. The third-order valence-corrected chi connectivity index (χ3v) is 6.35. The Morgan fingerprint density at radius 1 is 1.17 bits per heavy atom. The van der Waals surface area contributed by atoms with Crippen LogP contribution in [0.15, 0.2) is 41.7 Å². The third-order valence-electron chi connectivity index (χ3n) is 5.54. The molecule has 30 heavy (non-hydrogen) atoms. The van der Waals surface area contributed by atoms with Gasteiger partial charge in [-0.05, 0) is 80.1 Å². The molecule has 2 fully saturated rings. The predicted octanol–water partition coefficient (Wildman–Crippen LogP) is 3.13. The maximum Gasteiger partial charge on any atom is 0.290 e. The number of pyridine rings is 1. The number of aromatic nitrogens is 3. The minimum absolute atomic E-state index is 0.341. The van der Waals surface area contributed by atoms with E-state index in [9.17, 15) is 9.59 Å². The lowest BCUT2D eigenvalue weighted by molar-refractivity contribution is -0.115. The number of carbonyl (C=O) groups is 2. The molecule has 0 bridgehead atoms. The fourth-order valence-corrected chi connectivity index (χ4v) is 4.61. The number of rotatable bonds is 7. The second-order valence-corrected chi connectivity index (χ2v) is 8.75. The molecule has 2 aromatic rings. The summed E-state index contributed by atoms with van der Waals surface area (Å²) in [5.74, 6) is 1.02. The number of thioether (sulfide) groups is 1. The number of hydrogen-bond donors (Lipinski definition) is 2. The molecule has 0 unspecified atom stereocenters. The fourth-order valence-electron chi connectivity index (χ4n) is 3.94. The van der Waals surface area contributed by atoms with E-state index in [1.165, 1.54) is 18.4 Å².